The Morgan fingerprint density at radius 3 is 2.61 bits per heavy atom. The molecule has 9 heteroatoms. The van der Waals surface area contributed by atoms with Gasteiger partial charge in [0.05, 0.1) is 36.7 Å². The summed E-state index contributed by atoms with van der Waals surface area (Å²) in [5, 5.41) is 6.03. The third kappa shape index (κ3) is 6.23. The number of benzene rings is 2. The number of rotatable bonds is 10. The van der Waals surface area contributed by atoms with Gasteiger partial charge in [-0.15, -0.1) is 0 Å². The molecule has 2 fully saturated rings. The summed E-state index contributed by atoms with van der Waals surface area (Å²) < 4.78 is 19.2. The molecule has 2 aliphatic rings. The number of nitrogens with two attached hydrogens (primary N) is 1. The van der Waals surface area contributed by atoms with E-state index in [4.69, 9.17) is 19.9 Å². The number of morpholine rings is 1. The zero-order valence-corrected chi connectivity index (χ0v) is 22.2. The lowest BCUT2D eigenvalue weighted by Gasteiger charge is -2.27. The van der Waals surface area contributed by atoms with E-state index in [2.05, 4.69) is 33.3 Å². The fourth-order valence-electron chi connectivity index (χ4n) is 5.33. The molecule has 1 aliphatic carbocycles. The van der Waals surface area contributed by atoms with Crippen molar-refractivity contribution < 1.29 is 19.0 Å². The van der Waals surface area contributed by atoms with E-state index < -0.39 is 6.09 Å². The van der Waals surface area contributed by atoms with Gasteiger partial charge >= 0.3 is 6.09 Å². The Labute approximate surface area is 224 Å². The summed E-state index contributed by atoms with van der Waals surface area (Å²) in [6.07, 6.45) is 4.70. The Bertz CT molecular complexity index is 1210. The van der Waals surface area contributed by atoms with Gasteiger partial charge < -0.3 is 24.5 Å². The van der Waals surface area contributed by atoms with Gasteiger partial charge in [0.1, 0.15) is 11.9 Å². The minimum Gasteiger partial charge on any atom is -0.494 e. The van der Waals surface area contributed by atoms with E-state index in [1.807, 2.05) is 36.4 Å². The number of hydrogen-bond donors (Lipinski definition) is 3. The van der Waals surface area contributed by atoms with E-state index in [9.17, 15) is 4.79 Å². The lowest BCUT2D eigenvalue weighted by molar-refractivity contribution is 0.0114. The van der Waals surface area contributed by atoms with Gasteiger partial charge in [0, 0.05) is 42.8 Å². The number of fused-ring (bicyclic) bond motifs is 1. The van der Waals surface area contributed by atoms with Crippen LogP contribution in [0, 0.1) is 0 Å². The molecule has 1 saturated heterocycles. The van der Waals surface area contributed by atoms with E-state index in [0.29, 0.717) is 12.3 Å². The largest absolute Gasteiger partial charge is 0.494 e. The van der Waals surface area contributed by atoms with Crippen molar-refractivity contribution in [1.29, 1.82) is 0 Å². The molecule has 204 valence electrons. The second kappa shape index (κ2) is 12.5. The summed E-state index contributed by atoms with van der Waals surface area (Å²) >= 11 is 0. The van der Waals surface area contributed by atoms with Gasteiger partial charge in [0.15, 0.2) is 0 Å². The molecule has 0 atom stereocenters. The van der Waals surface area contributed by atoms with Gasteiger partial charge in [0.2, 0.25) is 0 Å². The van der Waals surface area contributed by atoms with Crippen LogP contribution in [0.2, 0.25) is 0 Å². The smallest absolute Gasteiger partial charge is 0.411 e. The molecule has 0 radical (unpaired) electrons. The molecule has 2 heterocycles. The molecular weight excluding hydrogens is 482 g/mol. The van der Waals surface area contributed by atoms with Crippen molar-refractivity contribution in [1.82, 2.24) is 15.0 Å². The predicted octanol–water partition coefficient (Wildman–Crippen LogP) is 5.01. The third-order valence-electron chi connectivity index (χ3n) is 7.31. The van der Waals surface area contributed by atoms with Crippen LogP contribution < -0.4 is 21.2 Å². The highest BCUT2D eigenvalue weighted by Crippen LogP contribution is 2.38. The van der Waals surface area contributed by atoms with E-state index in [1.54, 1.807) is 0 Å². The third-order valence-corrected chi connectivity index (χ3v) is 7.31. The van der Waals surface area contributed by atoms with Crippen LogP contribution in [0.1, 0.15) is 39.0 Å². The number of amides is 1. The molecule has 3 aromatic rings. The van der Waals surface area contributed by atoms with Gasteiger partial charge in [-0.2, -0.15) is 0 Å². The average Bonchev–Trinajstić information content (AvgIpc) is 3.55. The standard InChI is InChI=1S/C29H39N5O4/c1-2-34-26-13-12-24(37-17-5-14-31-33-15-18-36-19-16-33)20-25(26)27(30)28(34)21-8-10-22(11-9-21)32-29(35)38-23-6-3-4-7-23/h8-13,20,23,31H,2-7,14-19,30H2,1H3,(H,32,35). The number of nitrogen functional groups attached to an aromatic ring is 1. The molecule has 0 spiro atoms. The number of hydrazine groups is 1. The van der Waals surface area contributed by atoms with Crippen LogP contribution in [0.3, 0.4) is 0 Å². The Morgan fingerprint density at radius 1 is 1.11 bits per heavy atom. The monoisotopic (exact) mass is 521 g/mol. The summed E-state index contributed by atoms with van der Waals surface area (Å²) in [6.45, 7) is 7.78. The fourth-order valence-corrected chi connectivity index (χ4v) is 5.33. The van der Waals surface area contributed by atoms with Crippen LogP contribution in [0.15, 0.2) is 42.5 Å². The zero-order valence-electron chi connectivity index (χ0n) is 22.2. The number of hydrogen-bond acceptors (Lipinski definition) is 7. The second-order valence-electron chi connectivity index (χ2n) is 9.91. The maximum atomic E-state index is 12.2. The van der Waals surface area contributed by atoms with Crippen LogP contribution in [0.4, 0.5) is 16.2 Å². The molecule has 1 saturated carbocycles. The molecule has 1 aromatic heterocycles. The van der Waals surface area contributed by atoms with Gasteiger partial charge in [-0.1, -0.05) is 12.1 Å². The minimum atomic E-state index is -0.392. The van der Waals surface area contributed by atoms with Crippen molar-refractivity contribution in [2.75, 3.05) is 50.5 Å². The van der Waals surface area contributed by atoms with E-state index in [0.717, 1.165) is 105 Å². The first-order chi connectivity index (χ1) is 18.6. The van der Waals surface area contributed by atoms with Crippen molar-refractivity contribution in [2.45, 2.75) is 51.7 Å². The maximum absolute atomic E-state index is 12.2. The Hall–Kier alpha value is -3.27. The molecule has 38 heavy (non-hydrogen) atoms. The van der Waals surface area contributed by atoms with Gasteiger partial charge in [-0.05, 0) is 69.4 Å². The number of ether oxygens (including phenoxy) is 3. The van der Waals surface area contributed by atoms with Gasteiger partial charge in [-0.3, -0.25) is 10.7 Å². The Morgan fingerprint density at radius 2 is 1.87 bits per heavy atom. The minimum absolute atomic E-state index is 0.0370. The summed E-state index contributed by atoms with van der Waals surface area (Å²) in [5.74, 6) is 0.815. The highest BCUT2D eigenvalue weighted by atomic mass is 16.6. The quantitative estimate of drug-likeness (QED) is 0.322. The molecule has 1 amide bonds. The number of aryl methyl sites for hydroxylation is 1. The first-order valence-electron chi connectivity index (χ1n) is 13.8. The number of carbonyl (C=O) groups excluding carboxylic acids is 1. The first-order valence-corrected chi connectivity index (χ1v) is 13.8. The van der Waals surface area contributed by atoms with Gasteiger partial charge in [-0.25, -0.2) is 9.80 Å². The summed E-state index contributed by atoms with van der Waals surface area (Å²) in [5.41, 5.74) is 14.6. The number of nitrogens with zero attached hydrogens (tertiary/aromatic N) is 2. The molecule has 1 aliphatic heterocycles. The van der Waals surface area contributed by atoms with Crippen LogP contribution in [0.5, 0.6) is 5.75 Å². The normalized spacial score (nSPS) is 16.7. The Balaban J connectivity index is 1.22. The molecule has 2 aromatic carbocycles. The van der Waals surface area contributed by atoms with E-state index in [-0.39, 0.29) is 6.10 Å². The lowest BCUT2D eigenvalue weighted by atomic mass is 10.1. The molecule has 4 N–H and O–H groups in total. The first kappa shape index (κ1) is 26.3. The SMILES string of the molecule is CCn1c(-c2ccc(NC(=O)OC3CCCC3)cc2)c(N)c2cc(OCCCNN3CCOCC3)ccc21. The number of anilines is 2. The topological polar surface area (TPSA) is 103 Å². The number of carbonyl (C=O) groups is 1. The zero-order chi connectivity index (χ0) is 26.3. The lowest BCUT2D eigenvalue weighted by Crippen LogP contribution is -2.46. The molecule has 0 unspecified atom stereocenters. The van der Waals surface area contributed by atoms with Crippen molar-refractivity contribution in [3.05, 3.63) is 42.5 Å². The summed E-state index contributed by atoms with van der Waals surface area (Å²) in [4.78, 5) is 12.2. The fraction of sp³-hybridized carbons (Fsp3) is 0.483. The van der Waals surface area contributed by atoms with E-state index in [1.165, 1.54) is 0 Å². The van der Waals surface area contributed by atoms with Crippen molar-refractivity contribution in [2.24, 2.45) is 0 Å². The van der Waals surface area contributed by atoms with Crippen LogP contribution in [-0.4, -0.2) is 61.2 Å². The number of nitrogens with one attached hydrogen (secondary N) is 2. The summed E-state index contributed by atoms with van der Waals surface area (Å²) in [6, 6.07) is 13.9. The van der Waals surface area contributed by atoms with Crippen LogP contribution in [0.25, 0.3) is 22.2 Å². The van der Waals surface area contributed by atoms with Crippen LogP contribution in [-0.2, 0) is 16.0 Å². The Kier molecular flexibility index (Phi) is 8.68. The molecule has 5 rings (SSSR count). The number of aromatic nitrogens is 1. The van der Waals surface area contributed by atoms with Crippen molar-refractivity contribution in [3.8, 4) is 17.0 Å². The summed E-state index contributed by atoms with van der Waals surface area (Å²) in [7, 11) is 0. The van der Waals surface area contributed by atoms with Crippen LogP contribution >= 0.6 is 0 Å². The molecular formula is C29H39N5O4. The van der Waals surface area contributed by atoms with E-state index >= 15 is 0 Å². The highest BCUT2D eigenvalue weighted by Gasteiger charge is 2.20. The predicted molar refractivity (Wildman–Crippen MR) is 150 cm³/mol. The maximum Gasteiger partial charge on any atom is 0.411 e. The molecule has 0 bridgehead atoms. The average molecular weight is 522 g/mol. The second-order valence-corrected chi connectivity index (χ2v) is 9.91. The van der Waals surface area contributed by atoms with Crippen molar-refractivity contribution >= 4 is 28.4 Å². The molecule has 9 nitrogen and oxygen atoms in total. The highest BCUT2D eigenvalue weighted by molar-refractivity contribution is 6.01. The van der Waals surface area contributed by atoms with Crippen molar-refractivity contribution in [3.63, 3.8) is 0 Å². The van der Waals surface area contributed by atoms with Gasteiger partial charge in [0.25, 0.3) is 0 Å².